The number of aromatic nitrogens is 3. The molecule has 4 heterocycles. The van der Waals surface area contributed by atoms with Crippen molar-refractivity contribution in [3.05, 3.63) is 164 Å². The fraction of sp³-hybridized carbons (Fsp3) is 0.0385. The molecular weight excluding hydrogens is 683 g/mol. The number of furan rings is 1. The summed E-state index contributed by atoms with van der Waals surface area (Å²) < 4.78 is 13.8. The van der Waals surface area contributed by atoms with Gasteiger partial charge in [-0.1, -0.05) is 121 Å². The number of benzene rings is 9. The highest BCUT2D eigenvalue weighted by Crippen LogP contribution is 2.48. The average molecular weight is 716 g/mol. The zero-order chi connectivity index (χ0) is 36.8. The maximum absolute atomic E-state index is 6.58. The normalized spacial score (nSPS) is 12.5. The molecule has 0 saturated heterocycles. The lowest BCUT2D eigenvalue weighted by Gasteiger charge is -2.11. The number of hydrogen-bond acceptors (Lipinski definition) is 1. The van der Waals surface area contributed by atoms with E-state index in [1.54, 1.807) is 0 Å². The molecule has 9 aromatic carbocycles. The van der Waals surface area contributed by atoms with Crippen LogP contribution in [0.4, 0.5) is 0 Å². The highest BCUT2D eigenvalue weighted by Gasteiger charge is 2.24. The number of fused-ring (bicyclic) bond motifs is 20. The van der Waals surface area contributed by atoms with Gasteiger partial charge in [0.25, 0.3) is 0 Å². The second kappa shape index (κ2) is 10.7. The fourth-order valence-electron chi connectivity index (χ4n) is 10.2. The summed E-state index contributed by atoms with van der Waals surface area (Å²) in [5, 5.41) is 14.9. The van der Waals surface area contributed by atoms with Crippen LogP contribution in [-0.4, -0.2) is 13.7 Å². The summed E-state index contributed by atoms with van der Waals surface area (Å²) in [5.74, 6) is 0. The van der Waals surface area contributed by atoms with E-state index in [4.69, 9.17) is 4.42 Å². The summed E-state index contributed by atoms with van der Waals surface area (Å²) in [6.07, 6.45) is 0. The molecule has 0 aliphatic rings. The molecule has 13 rings (SSSR count). The van der Waals surface area contributed by atoms with Gasteiger partial charge in [0, 0.05) is 79.3 Å². The third-order valence-electron chi connectivity index (χ3n) is 12.6. The van der Waals surface area contributed by atoms with Crippen LogP contribution in [0.25, 0.3) is 126 Å². The minimum absolute atomic E-state index is 0.920. The number of nitrogens with zero attached hydrogens (tertiary/aromatic N) is 3. The van der Waals surface area contributed by atoms with Gasteiger partial charge in [0.05, 0.1) is 27.5 Å². The smallest absolute Gasteiger partial charge is 0.145 e. The molecule has 13 aromatic rings. The van der Waals surface area contributed by atoms with E-state index >= 15 is 0 Å². The number of para-hydroxylation sites is 3. The van der Waals surface area contributed by atoms with E-state index in [0.717, 1.165) is 21.9 Å². The standard InChI is InChI=1S/C52H33N3O/c1-53-41-27-25-30(31-24-26-38-43(29-31)54(2)51-45(38)34-17-7-9-19-36(34)52-48(51)39-21-11-13-23-44(39)56-52)28-40(41)46-33-16-6-8-18-35(33)49-47(50(46)53)37-20-10-12-22-42(37)55(49)32-14-4-3-5-15-32/h3-29H,1-2H3. The Hall–Kier alpha value is -7.30. The van der Waals surface area contributed by atoms with Crippen LogP contribution in [-0.2, 0) is 14.1 Å². The Morgan fingerprint density at radius 2 is 0.929 bits per heavy atom. The monoisotopic (exact) mass is 715 g/mol. The molecule has 0 aliphatic heterocycles. The molecule has 56 heavy (non-hydrogen) atoms. The van der Waals surface area contributed by atoms with E-state index in [1.165, 1.54) is 104 Å². The van der Waals surface area contributed by atoms with Crippen molar-refractivity contribution in [1.82, 2.24) is 13.7 Å². The first-order chi connectivity index (χ1) is 27.7. The Labute approximate surface area is 320 Å². The van der Waals surface area contributed by atoms with Crippen molar-refractivity contribution >= 4 is 109 Å². The van der Waals surface area contributed by atoms with E-state index in [-0.39, 0.29) is 0 Å². The SMILES string of the molecule is Cn1c2cc(-c3ccc4c(c3)c3c5ccccc5c5c(c6ccccc6n5-c5ccccc5)c3n4C)ccc2c2c3ccccc3c3oc4ccccc4c3c21. The molecule has 4 nitrogen and oxygen atoms in total. The van der Waals surface area contributed by atoms with E-state index in [2.05, 4.69) is 192 Å². The number of aryl methyl sites for hydroxylation is 2. The molecule has 0 amide bonds. The zero-order valence-corrected chi connectivity index (χ0v) is 30.8. The predicted octanol–water partition coefficient (Wildman–Crippen LogP) is 13.9. The maximum Gasteiger partial charge on any atom is 0.145 e. The van der Waals surface area contributed by atoms with Crippen molar-refractivity contribution in [2.45, 2.75) is 0 Å². The molecular formula is C52H33N3O. The van der Waals surface area contributed by atoms with Gasteiger partial charge in [-0.15, -0.1) is 0 Å². The van der Waals surface area contributed by atoms with Crippen molar-refractivity contribution in [1.29, 1.82) is 0 Å². The summed E-state index contributed by atoms with van der Waals surface area (Å²) in [5.41, 5.74) is 12.8. The van der Waals surface area contributed by atoms with Gasteiger partial charge in [-0.3, -0.25) is 0 Å². The summed E-state index contributed by atoms with van der Waals surface area (Å²) in [6, 6.07) is 59.8. The molecule has 0 spiro atoms. The lowest BCUT2D eigenvalue weighted by Crippen LogP contribution is -1.94. The van der Waals surface area contributed by atoms with Crippen LogP contribution in [0, 0.1) is 0 Å². The molecule has 0 aliphatic carbocycles. The first-order valence-corrected chi connectivity index (χ1v) is 19.3. The van der Waals surface area contributed by atoms with Gasteiger partial charge in [-0.25, -0.2) is 0 Å². The third kappa shape index (κ3) is 3.68. The highest BCUT2D eigenvalue weighted by molar-refractivity contribution is 6.37. The van der Waals surface area contributed by atoms with Crippen LogP contribution < -0.4 is 0 Å². The van der Waals surface area contributed by atoms with Gasteiger partial charge in [0.1, 0.15) is 11.2 Å². The molecule has 4 heteroatoms. The Kier molecular flexibility index (Phi) is 5.73. The lowest BCUT2D eigenvalue weighted by molar-refractivity contribution is 0.673. The maximum atomic E-state index is 6.58. The molecule has 0 N–H and O–H groups in total. The van der Waals surface area contributed by atoms with Gasteiger partial charge in [-0.2, -0.15) is 0 Å². The molecule has 4 aromatic heterocycles. The first kappa shape index (κ1) is 30.1. The van der Waals surface area contributed by atoms with Crippen molar-refractivity contribution < 1.29 is 4.42 Å². The van der Waals surface area contributed by atoms with Crippen LogP contribution >= 0.6 is 0 Å². The Bertz CT molecular complexity index is 3830. The second-order valence-corrected chi connectivity index (χ2v) is 15.3. The van der Waals surface area contributed by atoms with Crippen molar-refractivity contribution in [2.24, 2.45) is 14.1 Å². The molecule has 0 bridgehead atoms. The summed E-state index contributed by atoms with van der Waals surface area (Å²) in [7, 11) is 4.45. The number of hydrogen-bond donors (Lipinski definition) is 0. The van der Waals surface area contributed by atoms with Gasteiger partial charge in [-0.05, 0) is 64.4 Å². The van der Waals surface area contributed by atoms with Crippen LogP contribution in [0.15, 0.2) is 168 Å². The van der Waals surface area contributed by atoms with Crippen molar-refractivity contribution in [3.8, 4) is 16.8 Å². The number of rotatable bonds is 2. The zero-order valence-electron chi connectivity index (χ0n) is 30.8. The molecule has 0 saturated carbocycles. The largest absolute Gasteiger partial charge is 0.455 e. The third-order valence-corrected chi connectivity index (χ3v) is 12.6. The Balaban J connectivity index is 1.11. The van der Waals surface area contributed by atoms with Gasteiger partial charge in [0.15, 0.2) is 0 Å². The van der Waals surface area contributed by atoms with Crippen molar-refractivity contribution in [3.63, 3.8) is 0 Å². The van der Waals surface area contributed by atoms with Gasteiger partial charge < -0.3 is 18.1 Å². The lowest BCUT2D eigenvalue weighted by atomic mass is 9.96. The van der Waals surface area contributed by atoms with E-state index in [9.17, 15) is 0 Å². The highest BCUT2D eigenvalue weighted by atomic mass is 16.3. The quantitative estimate of drug-likeness (QED) is 0.175. The summed E-state index contributed by atoms with van der Waals surface area (Å²) >= 11 is 0. The molecule has 0 unspecified atom stereocenters. The van der Waals surface area contributed by atoms with Gasteiger partial charge >= 0.3 is 0 Å². The molecule has 0 atom stereocenters. The molecule has 0 fully saturated rings. The van der Waals surface area contributed by atoms with Crippen molar-refractivity contribution in [2.75, 3.05) is 0 Å². The minimum atomic E-state index is 0.920. The van der Waals surface area contributed by atoms with Gasteiger partial charge in [0.2, 0.25) is 0 Å². The Morgan fingerprint density at radius 1 is 0.357 bits per heavy atom. The predicted molar refractivity (Wildman–Crippen MR) is 236 cm³/mol. The molecule has 262 valence electrons. The van der Waals surface area contributed by atoms with Crippen LogP contribution in [0.3, 0.4) is 0 Å². The van der Waals surface area contributed by atoms with Crippen LogP contribution in [0.5, 0.6) is 0 Å². The first-order valence-electron chi connectivity index (χ1n) is 19.3. The minimum Gasteiger partial charge on any atom is -0.455 e. The average Bonchev–Trinajstić information content (AvgIpc) is 3.98. The van der Waals surface area contributed by atoms with Crippen LogP contribution in [0.2, 0.25) is 0 Å². The van der Waals surface area contributed by atoms with Crippen LogP contribution in [0.1, 0.15) is 0 Å². The Morgan fingerprint density at radius 3 is 1.75 bits per heavy atom. The van der Waals surface area contributed by atoms with E-state index < -0.39 is 0 Å². The second-order valence-electron chi connectivity index (χ2n) is 15.3. The summed E-state index contributed by atoms with van der Waals surface area (Å²) in [4.78, 5) is 0. The van der Waals surface area contributed by atoms with E-state index in [1.807, 2.05) is 0 Å². The summed E-state index contributed by atoms with van der Waals surface area (Å²) in [6.45, 7) is 0. The fourth-order valence-corrected chi connectivity index (χ4v) is 10.2. The van der Waals surface area contributed by atoms with E-state index in [0.29, 0.717) is 0 Å². The topological polar surface area (TPSA) is 27.9 Å². The molecule has 0 radical (unpaired) electrons.